The normalized spacial score (nSPS) is 14.7. The standard InChI is InChI=1S/C18H16F4N2O.ClH/c19-14-4-5-15(12-2-1-3-13(10-12)18(20,21)22)16(11-14)17(25)24-8-6-23-7-9-24;/h1-5,10-11,23H,6-9H2;1H. The van der Waals surface area contributed by atoms with Gasteiger partial charge in [-0.1, -0.05) is 18.2 Å². The van der Waals surface area contributed by atoms with Gasteiger partial charge in [-0.15, -0.1) is 12.4 Å². The zero-order valence-electron chi connectivity index (χ0n) is 13.6. The molecule has 8 heteroatoms. The van der Waals surface area contributed by atoms with Crippen LogP contribution in [0.2, 0.25) is 0 Å². The maximum atomic E-state index is 13.7. The Morgan fingerprint density at radius 3 is 2.38 bits per heavy atom. The second-order valence-corrected chi connectivity index (χ2v) is 5.81. The summed E-state index contributed by atoms with van der Waals surface area (Å²) >= 11 is 0. The van der Waals surface area contributed by atoms with E-state index in [9.17, 15) is 22.4 Å². The van der Waals surface area contributed by atoms with Crippen LogP contribution in [0.3, 0.4) is 0 Å². The topological polar surface area (TPSA) is 32.3 Å². The van der Waals surface area contributed by atoms with Crippen molar-refractivity contribution in [2.45, 2.75) is 6.18 Å². The number of hydrogen-bond acceptors (Lipinski definition) is 2. The highest BCUT2D eigenvalue weighted by molar-refractivity contribution is 6.01. The summed E-state index contributed by atoms with van der Waals surface area (Å²) in [6.07, 6.45) is -4.49. The maximum Gasteiger partial charge on any atom is 0.416 e. The molecule has 26 heavy (non-hydrogen) atoms. The number of nitrogens with zero attached hydrogens (tertiary/aromatic N) is 1. The van der Waals surface area contributed by atoms with Crippen molar-refractivity contribution in [3.63, 3.8) is 0 Å². The first-order valence-electron chi connectivity index (χ1n) is 7.83. The van der Waals surface area contributed by atoms with E-state index < -0.39 is 17.6 Å². The zero-order valence-corrected chi connectivity index (χ0v) is 14.5. The van der Waals surface area contributed by atoms with Gasteiger partial charge in [-0.25, -0.2) is 4.39 Å². The highest BCUT2D eigenvalue weighted by Gasteiger charge is 2.31. The highest BCUT2D eigenvalue weighted by atomic mass is 35.5. The van der Waals surface area contributed by atoms with E-state index in [1.165, 1.54) is 18.2 Å². The Labute approximate surface area is 154 Å². The predicted octanol–water partition coefficient (Wildman–Crippen LogP) is 3.98. The molecule has 0 spiro atoms. The van der Waals surface area contributed by atoms with Crippen molar-refractivity contribution in [1.82, 2.24) is 10.2 Å². The summed E-state index contributed by atoms with van der Waals surface area (Å²) in [7, 11) is 0. The lowest BCUT2D eigenvalue weighted by atomic mass is 9.96. The van der Waals surface area contributed by atoms with Gasteiger partial charge in [-0.3, -0.25) is 4.79 Å². The van der Waals surface area contributed by atoms with Gasteiger partial charge in [0.25, 0.3) is 5.91 Å². The van der Waals surface area contributed by atoms with E-state index in [1.54, 1.807) is 4.90 Å². The van der Waals surface area contributed by atoms with Crippen LogP contribution in [-0.4, -0.2) is 37.0 Å². The van der Waals surface area contributed by atoms with Crippen molar-refractivity contribution in [2.24, 2.45) is 0 Å². The van der Waals surface area contributed by atoms with Crippen molar-refractivity contribution in [3.8, 4) is 11.1 Å². The molecule has 0 bridgehead atoms. The van der Waals surface area contributed by atoms with E-state index in [0.29, 0.717) is 26.2 Å². The van der Waals surface area contributed by atoms with Gasteiger partial charge < -0.3 is 10.2 Å². The number of nitrogens with one attached hydrogen (secondary N) is 1. The van der Waals surface area contributed by atoms with Crippen molar-refractivity contribution >= 4 is 18.3 Å². The van der Waals surface area contributed by atoms with Gasteiger partial charge in [0.1, 0.15) is 5.82 Å². The molecular formula is C18H17ClF4N2O. The fourth-order valence-electron chi connectivity index (χ4n) is 2.85. The molecule has 140 valence electrons. The van der Waals surface area contributed by atoms with E-state index in [0.717, 1.165) is 24.3 Å². The van der Waals surface area contributed by atoms with Crippen LogP contribution >= 0.6 is 12.4 Å². The van der Waals surface area contributed by atoms with Crippen LogP contribution in [0, 0.1) is 5.82 Å². The minimum Gasteiger partial charge on any atom is -0.336 e. The molecule has 0 aromatic heterocycles. The van der Waals surface area contributed by atoms with Crippen molar-refractivity contribution in [2.75, 3.05) is 26.2 Å². The van der Waals surface area contributed by atoms with Crippen LogP contribution in [-0.2, 0) is 6.18 Å². The first kappa shape index (κ1) is 20.2. The molecule has 0 radical (unpaired) electrons. The third-order valence-electron chi connectivity index (χ3n) is 4.12. The molecule has 1 aliphatic heterocycles. The van der Waals surface area contributed by atoms with Gasteiger partial charge in [0.05, 0.1) is 11.1 Å². The van der Waals surface area contributed by atoms with Crippen LogP contribution in [0.4, 0.5) is 17.6 Å². The molecule has 1 heterocycles. The smallest absolute Gasteiger partial charge is 0.336 e. The average Bonchev–Trinajstić information content (AvgIpc) is 2.61. The fourth-order valence-corrected chi connectivity index (χ4v) is 2.85. The van der Waals surface area contributed by atoms with E-state index >= 15 is 0 Å². The van der Waals surface area contributed by atoms with Crippen molar-refractivity contribution in [1.29, 1.82) is 0 Å². The van der Waals surface area contributed by atoms with Gasteiger partial charge >= 0.3 is 6.18 Å². The summed E-state index contributed by atoms with van der Waals surface area (Å²) in [5.74, 6) is -0.984. The van der Waals surface area contributed by atoms with E-state index in [2.05, 4.69) is 5.32 Å². The monoisotopic (exact) mass is 388 g/mol. The molecular weight excluding hydrogens is 372 g/mol. The quantitative estimate of drug-likeness (QED) is 0.789. The molecule has 1 fully saturated rings. The van der Waals surface area contributed by atoms with Gasteiger partial charge in [0, 0.05) is 26.2 Å². The third kappa shape index (κ3) is 4.34. The summed E-state index contributed by atoms with van der Waals surface area (Å²) in [4.78, 5) is 14.3. The van der Waals surface area contributed by atoms with Crippen LogP contribution in [0.25, 0.3) is 11.1 Å². The second-order valence-electron chi connectivity index (χ2n) is 5.81. The van der Waals surface area contributed by atoms with E-state index in [-0.39, 0.29) is 35.0 Å². The number of amides is 1. The number of rotatable bonds is 2. The molecule has 1 amide bonds. The number of carbonyl (C=O) groups is 1. The first-order valence-corrected chi connectivity index (χ1v) is 7.83. The Morgan fingerprint density at radius 1 is 1.04 bits per heavy atom. The summed E-state index contributed by atoms with van der Waals surface area (Å²) < 4.78 is 52.6. The molecule has 0 unspecified atom stereocenters. The molecule has 2 aromatic carbocycles. The largest absolute Gasteiger partial charge is 0.416 e. The molecule has 1 saturated heterocycles. The second kappa shape index (κ2) is 8.05. The van der Waals surface area contributed by atoms with Crippen LogP contribution < -0.4 is 5.32 Å². The Kier molecular flexibility index (Phi) is 6.26. The Morgan fingerprint density at radius 2 is 1.73 bits per heavy atom. The molecule has 1 N–H and O–H groups in total. The van der Waals surface area contributed by atoms with E-state index in [1.807, 2.05) is 0 Å². The Balaban J connectivity index is 0.00000243. The molecule has 3 rings (SSSR count). The fraction of sp³-hybridized carbons (Fsp3) is 0.278. The Hall–Kier alpha value is -2.12. The van der Waals surface area contributed by atoms with E-state index in [4.69, 9.17) is 0 Å². The summed E-state index contributed by atoms with van der Waals surface area (Å²) in [6.45, 7) is 2.19. The van der Waals surface area contributed by atoms with Crippen LogP contribution in [0.5, 0.6) is 0 Å². The lowest BCUT2D eigenvalue weighted by molar-refractivity contribution is -0.137. The first-order chi connectivity index (χ1) is 11.9. The number of hydrogen-bond donors (Lipinski definition) is 1. The lowest BCUT2D eigenvalue weighted by Crippen LogP contribution is -2.46. The SMILES string of the molecule is Cl.O=C(c1cc(F)ccc1-c1cccc(C(F)(F)F)c1)N1CCNCC1. The van der Waals surface area contributed by atoms with Crippen LogP contribution in [0.15, 0.2) is 42.5 Å². The zero-order chi connectivity index (χ0) is 18.0. The molecule has 0 atom stereocenters. The minimum atomic E-state index is -4.49. The maximum absolute atomic E-state index is 13.7. The molecule has 0 aliphatic carbocycles. The molecule has 3 nitrogen and oxygen atoms in total. The molecule has 1 aliphatic rings. The summed E-state index contributed by atoms with van der Waals surface area (Å²) in [6, 6.07) is 8.27. The predicted molar refractivity (Wildman–Crippen MR) is 92.9 cm³/mol. The highest BCUT2D eigenvalue weighted by Crippen LogP contribution is 2.33. The van der Waals surface area contributed by atoms with Crippen molar-refractivity contribution in [3.05, 3.63) is 59.4 Å². The van der Waals surface area contributed by atoms with Crippen molar-refractivity contribution < 1.29 is 22.4 Å². The summed E-state index contributed by atoms with van der Waals surface area (Å²) in [5.41, 5.74) is -0.222. The van der Waals surface area contributed by atoms with Gasteiger partial charge in [-0.2, -0.15) is 13.2 Å². The lowest BCUT2D eigenvalue weighted by Gasteiger charge is -2.28. The van der Waals surface area contributed by atoms with Gasteiger partial charge in [-0.05, 0) is 35.4 Å². The minimum absolute atomic E-state index is 0. The summed E-state index contributed by atoms with van der Waals surface area (Å²) in [5, 5.41) is 3.11. The Bertz CT molecular complexity index is 789. The number of halogens is 5. The molecule has 0 saturated carbocycles. The third-order valence-corrected chi connectivity index (χ3v) is 4.12. The number of alkyl halides is 3. The number of carbonyl (C=O) groups excluding carboxylic acids is 1. The van der Waals surface area contributed by atoms with Crippen LogP contribution in [0.1, 0.15) is 15.9 Å². The average molecular weight is 389 g/mol. The van der Waals surface area contributed by atoms with Gasteiger partial charge in [0.15, 0.2) is 0 Å². The number of piperazine rings is 1. The number of benzene rings is 2. The molecule has 2 aromatic rings. The van der Waals surface area contributed by atoms with Gasteiger partial charge in [0.2, 0.25) is 0 Å².